The highest BCUT2D eigenvalue weighted by Gasteiger charge is 2.31. The maximum absolute atomic E-state index is 12.3. The lowest BCUT2D eigenvalue weighted by molar-refractivity contribution is 0.0949. The van der Waals surface area contributed by atoms with Crippen LogP contribution in [0, 0.1) is 6.92 Å². The standard InChI is InChI=1S/C17H16N2O2S/c1-10-2-5-14-13(8-10)19-15(22-14)9-18-17(20)12-6-7-21-16(12)11-3-4-11/h2,5-8,11H,3-4,9H2,1H3,(H,18,20). The van der Waals surface area contributed by atoms with E-state index in [9.17, 15) is 4.79 Å². The number of hydrogen-bond acceptors (Lipinski definition) is 4. The number of carbonyl (C=O) groups is 1. The van der Waals surface area contributed by atoms with Crippen LogP contribution in [0.5, 0.6) is 0 Å². The fraction of sp³-hybridized carbons (Fsp3) is 0.294. The number of aryl methyl sites for hydroxylation is 1. The molecule has 112 valence electrons. The summed E-state index contributed by atoms with van der Waals surface area (Å²) >= 11 is 1.62. The quantitative estimate of drug-likeness (QED) is 0.792. The van der Waals surface area contributed by atoms with Crippen molar-refractivity contribution in [2.75, 3.05) is 0 Å². The van der Waals surface area contributed by atoms with E-state index in [-0.39, 0.29) is 5.91 Å². The fourth-order valence-electron chi connectivity index (χ4n) is 2.58. The Hall–Kier alpha value is -2.14. The SMILES string of the molecule is Cc1ccc2sc(CNC(=O)c3ccoc3C3CC3)nc2c1. The molecule has 0 aliphatic heterocycles. The van der Waals surface area contributed by atoms with E-state index in [0.717, 1.165) is 33.8 Å². The molecule has 0 atom stereocenters. The number of amides is 1. The molecule has 1 saturated carbocycles. The van der Waals surface area contributed by atoms with E-state index in [2.05, 4.69) is 35.4 Å². The number of thiazole rings is 1. The Kier molecular flexibility index (Phi) is 3.22. The number of benzene rings is 1. The van der Waals surface area contributed by atoms with Gasteiger partial charge in [-0.2, -0.15) is 0 Å². The van der Waals surface area contributed by atoms with Crippen molar-refractivity contribution in [3.8, 4) is 0 Å². The van der Waals surface area contributed by atoms with Gasteiger partial charge >= 0.3 is 0 Å². The summed E-state index contributed by atoms with van der Waals surface area (Å²) < 4.78 is 6.60. The minimum Gasteiger partial charge on any atom is -0.468 e. The van der Waals surface area contributed by atoms with Gasteiger partial charge in [0.25, 0.3) is 5.91 Å². The molecule has 2 heterocycles. The van der Waals surface area contributed by atoms with Gasteiger partial charge in [-0.25, -0.2) is 4.98 Å². The summed E-state index contributed by atoms with van der Waals surface area (Å²) in [4.78, 5) is 16.9. The number of carbonyl (C=O) groups excluding carboxylic acids is 1. The van der Waals surface area contributed by atoms with Crippen molar-refractivity contribution >= 4 is 27.5 Å². The molecule has 0 bridgehead atoms. The van der Waals surface area contributed by atoms with Crippen molar-refractivity contribution in [1.29, 1.82) is 0 Å². The summed E-state index contributed by atoms with van der Waals surface area (Å²) in [7, 11) is 0. The molecule has 3 aromatic rings. The molecule has 0 spiro atoms. The molecule has 1 N–H and O–H groups in total. The molecule has 2 aromatic heterocycles. The van der Waals surface area contributed by atoms with Crippen LogP contribution in [0.1, 0.15) is 45.4 Å². The summed E-state index contributed by atoms with van der Waals surface area (Å²) in [5, 5.41) is 3.87. The highest BCUT2D eigenvalue weighted by Crippen LogP contribution is 2.42. The Bertz CT molecular complexity index is 845. The van der Waals surface area contributed by atoms with Crippen molar-refractivity contribution in [1.82, 2.24) is 10.3 Å². The van der Waals surface area contributed by atoms with Crippen LogP contribution in [0.15, 0.2) is 34.9 Å². The zero-order valence-corrected chi connectivity index (χ0v) is 13.1. The highest BCUT2D eigenvalue weighted by molar-refractivity contribution is 7.18. The van der Waals surface area contributed by atoms with Crippen LogP contribution >= 0.6 is 11.3 Å². The third-order valence-electron chi connectivity index (χ3n) is 3.88. The summed E-state index contributed by atoms with van der Waals surface area (Å²) in [6.45, 7) is 2.51. The highest BCUT2D eigenvalue weighted by atomic mass is 32.1. The van der Waals surface area contributed by atoms with Crippen LogP contribution in [-0.4, -0.2) is 10.9 Å². The van der Waals surface area contributed by atoms with Crippen molar-refractivity contribution in [3.05, 3.63) is 52.4 Å². The third-order valence-corrected chi connectivity index (χ3v) is 4.91. The summed E-state index contributed by atoms with van der Waals surface area (Å²) in [6.07, 6.45) is 3.83. The first-order valence-electron chi connectivity index (χ1n) is 7.42. The predicted molar refractivity (Wildman–Crippen MR) is 86.2 cm³/mol. The predicted octanol–water partition coefficient (Wildman–Crippen LogP) is 4.01. The molecule has 5 heteroatoms. The van der Waals surface area contributed by atoms with Crippen molar-refractivity contribution in [2.45, 2.75) is 32.2 Å². The van der Waals surface area contributed by atoms with Gasteiger partial charge in [-0.1, -0.05) is 6.07 Å². The van der Waals surface area contributed by atoms with Gasteiger partial charge in [0, 0.05) is 5.92 Å². The van der Waals surface area contributed by atoms with E-state index in [4.69, 9.17) is 4.42 Å². The number of furan rings is 1. The van der Waals surface area contributed by atoms with E-state index in [0.29, 0.717) is 18.0 Å². The minimum absolute atomic E-state index is 0.0777. The first-order valence-corrected chi connectivity index (χ1v) is 8.24. The Balaban J connectivity index is 1.48. The lowest BCUT2D eigenvalue weighted by Crippen LogP contribution is -2.23. The van der Waals surface area contributed by atoms with Gasteiger partial charge in [-0.3, -0.25) is 4.79 Å². The number of nitrogens with one attached hydrogen (secondary N) is 1. The van der Waals surface area contributed by atoms with Gasteiger partial charge in [0.1, 0.15) is 10.8 Å². The summed E-state index contributed by atoms with van der Waals surface area (Å²) in [5.74, 6) is 1.18. The molecule has 1 aliphatic carbocycles. The zero-order chi connectivity index (χ0) is 15.1. The van der Waals surface area contributed by atoms with Crippen molar-refractivity contribution < 1.29 is 9.21 Å². The molecule has 1 amide bonds. The monoisotopic (exact) mass is 312 g/mol. The van der Waals surface area contributed by atoms with Crippen LogP contribution < -0.4 is 5.32 Å². The number of nitrogens with zero attached hydrogens (tertiary/aromatic N) is 1. The van der Waals surface area contributed by atoms with Crippen LogP contribution in [0.25, 0.3) is 10.2 Å². The number of aromatic nitrogens is 1. The molecule has 1 fully saturated rings. The molecule has 0 unspecified atom stereocenters. The lowest BCUT2D eigenvalue weighted by Gasteiger charge is -2.02. The second-order valence-electron chi connectivity index (χ2n) is 5.73. The van der Waals surface area contributed by atoms with E-state index in [1.165, 1.54) is 5.56 Å². The zero-order valence-electron chi connectivity index (χ0n) is 12.3. The maximum atomic E-state index is 12.3. The Labute approximate surface area is 132 Å². The van der Waals surface area contributed by atoms with Crippen LogP contribution in [0.4, 0.5) is 0 Å². The maximum Gasteiger partial charge on any atom is 0.255 e. The average Bonchev–Trinajstić information content (AvgIpc) is 3.09. The molecule has 0 saturated heterocycles. The molecule has 1 aliphatic rings. The first kappa shape index (κ1) is 13.5. The van der Waals surface area contributed by atoms with E-state index in [1.807, 2.05) is 0 Å². The van der Waals surface area contributed by atoms with Gasteiger partial charge in [0.2, 0.25) is 0 Å². The van der Waals surface area contributed by atoms with E-state index in [1.54, 1.807) is 23.7 Å². The first-order chi connectivity index (χ1) is 10.7. The van der Waals surface area contributed by atoms with Gasteiger partial charge in [-0.15, -0.1) is 11.3 Å². The normalized spacial score (nSPS) is 14.4. The van der Waals surface area contributed by atoms with E-state index < -0.39 is 0 Å². The summed E-state index contributed by atoms with van der Waals surface area (Å²) in [5.41, 5.74) is 2.86. The van der Waals surface area contributed by atoms with Gasteiger partial charge in [0.15, 0.2) is 0 Å². The molecule has 0 radical (unpaired) electrons. The summed E-state index contributed by atoms with van der Waals surface area (Å²) in [6, 6.07) is 7.98. The van der Waals surface area contributed by atoms with Gasteiger partial charge < -0.3 is 9.73 Å². The lowest BCUT2D eigenvalue weighted by atomic mass is 10.2. The fourth-order valence-corrected chi connectivity index (χ4v) is 3.47. The van der Waals surface area contributed by atoms with Crippen molar-refractivity contribution in [3.63, 3.8) is 0 Å². The third kappa shape index (κ3) is 2.52. The molecular formula is C17H16N2O2S. The minimum atomic E-state index is -0.0777. The Morgan fingerprint density at radius 1 is 1.41 bits per heavy atom. The second kappa shape index (κ2) is 5.25. The molecule has 22 heavy (non-hydrogen) atoms. The van der Waals surface area contributed by atoms with Crippen LogP contribution in [0.3, 0.4) is 0 Å². The van der Waals surface area contributed by atoms with E-state index >= 15 is 0 Å². The Morgan fingerprint density at radius 2 is 2.27 bits per heavy atom. The van der Waals surface area contributed by atoms with Gasteiger partial charge in [-0.05, 0) is 43.5 Å². The van der Waals surface area contributed by atoms with Gasteiger partial charge in [0.05, 0.1) is 28.6 Å². The topological polar surface area (TPSA) is 55.1 Å². The Morgan fingerprint density at radius 3 is 3.09 bits per heavy atom. The number of fused-ring (bicyclic) bond motifs is 1. The molecule has 4 rings (SSSR count). The van der Waals surface area contributed by atoms with Crippen LogP contribution in [0.2, 0.25) is 0 Å². The largest absolute Gasteiger partial charge is 0.468 e. The molecular weight excluding hydrogens is 296 g/mol. The van der Waals surface area contributed by atoms with Crippen LogP contribution in [-0.2, 0) is 6.54 Å². The van der Waals surface area contributed by atoms with Crippen molar-refractivity contribution in [2.24, 2.45) is 0 Å². The number of hydrogen-bond donors (Lipinski definition) is 1. The molecule has 1 aromatic carbocycles. The number of rotatable bonds is 4. The second-order valence-corrected chi connectivity index (χ2v) is 6.85. The average molecular weight is 312 g/mol. The smallest absolute Gasteiger partial charge is 0.255 e. The molecule has 4 nitrogen and oxygen atoms in total.